The molecule has 0 unspecified atom stereocenters. The molecule has 2 nitrogen and oxygen atoms in total. The van der Waals surface area contributed by atoms with E-state index in [0.717, 1.165) is 5.92 Å². The van der Waals surface area contributed by atoms with Gasteiger partial charge in [0.15, 0.2) is 0 Å². The van der Waals surface area contributed by atoms with Crippen LogP contribution in [0.3, 0.4) is 0 Å². The SMILES string of the molecule is C[C@@H]1CCc2cn[nH]c2C1. The molecule has 0 radical (unpaired) electrons. The lowest BCUT2D eigenvalue weighted by molar-refractivity contribution is 0.495. The van der Waals surface area contributed by atoms with Gasteiger partial charge in [-0.1, -0.05) is 6.92 Å². The second-order valence-electron chi connectivity index (χ2n) is 3.22. The van der Waals surface area contributed by atoms with E-state index in [-0.39, 0.29) is 0 Å². The molecular formula is C8H12N2. The van der Waals surface area contributed by atoms with Crippen LogP contribution in [-0.2, 0) is 12.8 Å². The molecule has 0 saturated carbocycles. The molecule has 1 heterocycles. The first-order valence-corrected chi connectivity index (χ1v) is 3.87. The Bertz CT molecular complexity index is 227. The van der Waals surface area contributed by atoms with Gasteiger partial charge in [0.1, 0.15) is 0 Å². The van der Waals surface area contributed by atoms with E-state index in [0.29, 0.717) is 0 Å². The molecule has 1 aliphatic carbocycles. The maximum Gasteiger partial charge on any atom is 0.0522 e. The van der Waals surface area contributed by atoms with Gasteiger partial charge in [-0.15, -0.1) is 0 Å². The highest BCUT2D eigenvalue weighted by molar-refractivity contribution is 5.19. The smallest absolute Gasteiger partial charge is 0.0522 e. The maximum absolute atomic E-state index is 4.01. The van der Waals surface area contributed by atoms with Gasteiger partial charge in [0.2, 0.25) is 0 Å². The van der Waals surface area contributed by atoms with Crippen LogP contribution in [0.5, 0.6) is 0 Å². The van der Waals surface area contributed by atoms with Crippen molar-refractivity contribution < 1.29 is 0 Å². The molecule has 0 amide bonds. The fraction of sp³-hybridized carbons (Fsp3) is 0.625. The molecule has 1 atom stereocenters. The number of aromatic amines is 1. The monoisotopic (exact) mass is 136 g/mol. The Labute approximate surface area is 60.6 Å². The van der Waals surface area contributed by atoms with Crippen molar-refractivity contribution in [1.82, 2.24) is 10.2 Å². The van der Waals surface area contributed by atoms with Gasteiger partial charge < -0.3 is 0 Å². The van der Waals surface area contributed by atoms with Crippen molar-refractivity contribution in [1.29, 1.82) is 0 Å². The molecule has 0 saturated heterocycles. The fourth-order valence-corrected chi connectivity index (χ4v) is 1.58. The molecule has 0 fully saturated rings. The van der Waals surface area contributed by atoms with Crippen LogP contribution >= 0.6 is 0 Å². The molecular weight excluding hydrogens is 124 g/mol. The number of H-pyrrole nitrogens is 1. The van der Waals surface area contributed by atoms with Crippen LogP contribution in [0, 0.1) is 5.92 Å². The summed E-state index contributed by atoms with van der Waals surface area (Å²) in [5.74, 6) is 0.841. The zero-order valence-electron chi connectivity index (χ0n) is 6.22. The van der Waals surface area contributed by atoms with Crippen LogP contribution in [0.15, 0.2) is 6.20 Å². The Morgan fingerprint density at radius 3 is 3.50 bits per heavy atom. The Morgan fingerprint density at radius 1 is 1.70 bits per heavy atom. The second-order valence-corrected chi connectivity index (χ2v) is 3.22. The molecule has 1 aromatic heterocycles. The summed E-state index contributed by atoms with van der Waals surface area (Å²) in [7, 11) is 0. The highest BCUT2D eigenvalue weighted by Crippen LogP contribution is 2.22. The lowest BCUT2D eigenvalue weighted by atomic mass is 9.90. The average Bonchev–Trinajstić information content (AvgIpc) is 2.33. The number of rotatable bonds is 0. The number of fused-ring (bicyclic) bond motifs is 1. The summed E-state index contributed by atoms with van der Waals surface area (Å²) in [6, 6.07) is 0. The highest BCUT2D eigenvalue weighted by atomic mass is 15.1. The fourth-order valence-electron chi connectivity index (χ4n) is 1.58. The highest BCUT2D eigenvalue weighted by Gasteiger charge is 2.15. The van der Waals surface area contributed by atoms with Crippen LogP contribution in [0.25, 0.3) is 0 Å². The molecule has 2 rings (SSSR count). The maximum atomic E-state index is 4.01. The third-order valence-electron chi connectivity index (χ3n) is 2.27. The van der Waals surface area contributed by atoms with E-state index < -0.39 is 0 Å². The molecule has 1 aliphatic rings. The van der Waals surface area contributed by atoms with E-state index in [9.17, 15) is 0 Å². The van der Waals surface area contributed by atoms with Gasteiger partial charge in [0.05, 0.1) is 6.20 Å². The van der Waals surface area contributed by atoms with Crippen molar-refractivity contribution in [3.63, 3.8) is 0 Å². The average molecular weight is 136 g/mol. The molecule has 2 heteroatoms. The molecule has 0 aromatic carbocycles. The van der Waals surface area contributed by atoms with Crippen molar-refractivity contribution in [2.24, 2.45) is 5.92 Å². The Balaban J connectivity index is 2.30. The Hall–Kier alpha value is -0.790. The van der Waals surface area contributed by atoms with Crippen LogP contribution in [0.4, 0.5) is 0 Å². The van der Waals surface area contributed by atoms with Gasteiger partial charge in [-0.25, -0.2) is 0 Å². The third kappa shape index (κ3) is 0.838. The quantitative estimate of drug-likeness (QED) is 0.575. The second kappa shape index (κ2) is 2.11. The lowest BCUT2D eigenvalue weighted by Gasteiger charge is -2.16. The van der Waals surface area contributed by atoms with Crippen molar-refractivity contribution in [2.45, 2.75) is 26.2 Å². The molecule has 0 bridgehead atoms. The minimum Gasteiger partial charge on any atom is -0.282 e. The van der Waals surface area contributed by atoms with Gasteiger partial charge >= 0.3 is 0 Å². The van der Waals surface area contributed by atoms with E-state index in [2.05, 4.69) is 17.1 Å². The van der Waals surface area contributed by atoms with Gasteiger partial charge in [-0.2, -0.15) is 5.10 Å². The summed E-state index contributed by atoms with van der Waals surface area (Å²) in [4.78, 5) is 0. The van der Waals surface area contributed by atoms with Crippen LogP contribution in [0.2, 0.25) is 0 Å². The normalized spacial score (nSPS) is 24.3. The predicted molar refractivity (Wildman–Crippen MR) is 39.8 cm³/mol. The van der Waals surface area contributed by atoms with E-state index >= 15 is 0 Å². The van der Waals surface area contributed by atoms with Crippen molar-refractivity contribution in [3.8, 4) is 0 Å². The summed E-state index contributed by atoms with van der Waals surface area (Å²) < 4.78 is 0. The first-order chi connectivity index (χ1) is 4.86. The molecule has 1 aromatic rings. The summed E-state index contributed by atoms with van der Waals surface area (Å²) in [5.41, 5.74) is 2.79. The van der Waals surface area contributed by atoms with Gasteiger partial charge in [0, 0.05) is 5.69 Å². The number of aryl methyl sites for hydroxylation is 1. The number of nitrogens with one attached hydrogen (secondary N) is 1. The standard InChI is InChI=1S/C8H12N2/c1-6-2-3-7-5-9-10-8(7)4-6/h5-6H,2-4H2,1H3,(H,9,10)/t6-/m1/s1. The van der Waals surface area contributed by atoms with E-state index in [1.54, 1.807) is 0 Å². The Kier molecular flexibility index (Phi) is 1.26. The number of nitrogens with zero attached hydrogens (tertiary/aromatic N) is 1. The van der Waals surface area contributed by atoms with Gasteiger partial charge in [0.25, 0.3) is 0 Å². The number of hydrogen-bond acceptors (Lipinski definition) is 1. The largest absolute Gasteiger partial charge is 0.282 e. The lowest BCUT2D eigenvalue weighted by Crippen LogP contribution is -2.09. The summed E-state index contributed by atoms with van der Waals surface area (Å²) >= 11 is 0. The van der Waals surface area contributed by atoms with Crippen LogP contribution in [0.1, 0.15) is 24.6 Å². The first-order valence-electron chi connectivity index (χ1n) is 3.87. The zero-order valence-corrected chi connectivity index (χ0v) is 6.22. The predicted octanol–water partition coefficient (Wildman–Crippen LogP) is 1.53. The molecule has 10 heavy (non-hydrogen) atoms. The van der Waals surface area contributed by atoms with Crippen molar-refractivity contribution in [3.05, 3.63) is 17.5 Å². The van der Waals surface area contributed by atoms with Gasteiger partial charge in [-0.3, -0.25) is 5.10 Å². The van der Waals surface area contributed by atoms with E-state index in [1.165, 1.54) is 30.5 Å². The van der Waals surface area contributed by atoms with E-state index in [1.807, 2.05) is 6.20 Å². The van der Waals surface area contributed by atoms with Crippen molar-refractivity contribution in [2.75, 3.05) is 0 Å². The zero-order chi connectivity index (χ0) is 6.97. The Morgan fingerprint density at radius 2 is 2.60 bits per heavy atom. The summed E-state index contributed by atoms with van der Waals surface area (Å²) in [6.45, 7) is 2.30. The van der Waals surface area contributed by atoms with E-state index in [4.69, 9.17) is 0 Å². The third-order valence-corrected chi connectivity index (χ3v) is 2.27. The molecule has 0 aliphatic heterocycles. The van der Waals surface area contributed by atoms with Gasteiger partial charge in [-0.05, 0) is 30.7 Å². The minimum absolute atomic E-state index is 0.841. The molecule has 0 spiro atoms. The topological polar surface area (TPSA) is 28.7 Å². The molecule has 54 valence electrons. The van der Waals surface area contributed by atoms with Crippen LogP contribution < -0.4 is 0 Å². The number of aromatic nitrogens is 2. The molecule has 1 N–H and O–H groups in total. The first kappa shape index (κ1) is 5.96. The minimum atomic E-state index is 0.841. The number of hydrogen-bond donors (Lipinski definition) is 1. The van der Waals surface area contributed by atoms with Crippen molar-refractivity contribution >= 4 is 0 Å². The van der Waals surface area contributed by atoms with Crippen LogP contribution in [-0.4, -0.2) is 10.2 Å². The summed E-state index contributed by atoms with van der Waals surface area (Å²) in [6.07, 6.45) is 5.69. The summed E-state index contributed by atoms with van der Waals surface area (Å²) in [5, 5.41) is 7.05.